The van der Waals surface area contributed by atoms with Crippen LogP contribution in [0.15, 0.2) is 36.0 Å². The van der Waals surface area contributed by atoms with Crippen LogP contribution in [-0.2, 0) is 15.1 Å². The van der Waals surface area contributed by atoms with Crippen LogP contribution in [0.1, 0.15) is 45.2 Å². The van der Waals surface area contributed by atoms with Crippen LogP contribution in [0, 0.1) is 5.92 Å². The molecule has 1 aromatic rings. The van der Waals surface area contributed by atoms with E-state index in [2.05, 4.69) is 35.1 Å². The minimum absolute atomic E-state index is 0.0144. The highest BCUT2D eigenvalue weighted by molar-refractivity contribution is 6.07. The fraction of sp³-hybridized carbons (Fsp3) is 0.609. The molecule has 0 aliphatic carbocycles. The first-order valence-corrected chi connectivity index (χ1v) is 11.1. The lowest BCUT2D eigenvalue weighted by Crippen LogP contribution is -2.54. The number of urea groups is 1. The van der Waals surface area contributed by atoms with Crippen molar-refractivity contribution in [3.8, 4) is 0 Å². The average Bonchev–Trinajstić information content (AvgIpc) is 3.37. The first kappa shape index (κ1) is 21.0. The van der Waals surface area contributed by atoms with Gasteiger partial charge in [0.15, 0.2) is 5.54 Å². The first-order valence-electron chi connectivity index (χ1n) is 11.1. The molecule has 4 rings (SSSR count). The van der Waals surface area contributed by atoms with Gasteiger partial charge in [0.05, 0.1) is 18.3 Å². The van der Waals surface area contributed by atoms with Gasteiger partial charge in [0.1, 0.15) is 0 Å². The molecule has 0 radical (unpaired) electrons. The summed E-state index contributed by atoms with van der Waals surface area (Å²) in [7, 11) is 0. The predicted molar refractivity (Wildman–Crippen MR) is 114 cm³/mol. The lowest BCUT2D eigenvalue weighted by atomic mass is 9.75. The molecule has 7 heteroatoms. The van der Waals surface area contributed by atoms with Gasteiger partial charge in [-0.25, -0.2) is 4.79 Å². The van der Waals surface area contributed by atoms with Crippen LogP contribution in [0.5, 0.6) is 0 Å². The molecule has 0 saturated carbocycles. The summed E-state index contributed by atoms with van der Waals surface area (Å²) in [6.45, 7) is 7.98. The monoisotopic (exact) mass is 412 g/mol. The van der Waals surface area contributed by atoms with Crippen molar-refractivity contribution in [1.29, 1.82) is 0 Å². The lowest BCUT2D eigenvalue weighted by molar-refractivity contribution is -0.135. The Balaban J connectivity index is 1.58. The zero-order valence-corrected chi connectivity index (χ0v) is 18.0. The number of allylic oxidation sites excluding steroid dienone is 1. The van der Waals surface area contributed by atoms with Gasteiger partial charge in [0.25, 0.3) is 5.91 Å². The highest BCUT2D eigenvalue weighted by atomic mass is 16.5. The SMILES string of the molecule is CC=C(C)CN1CCC(C2(c3ccccn3)NC(=O)N(CC3CCCO3)C2=O)CC1. The van der Waals surface area contributed by atoms with E-state index in [1.54, 1.807) is 6.20 Å². The van der Waals surface area contributed by atoms with Crippen LogP contribution in [0.3, 0.4) is 0 Å². The van der Waals surface area contributed by atoms with Gasteiger partial charge >= 0.3 is 6.03 Å². The van der Waals surface area contributed by atoms with Gasteiger partial charge in [-0.15, -0.1) is 0 Å². The number of hydrogen-bond donors (Lipinski definition) is 1. The highest BCUT2D eigenvalue weighted by Crippen LogP contribution is 2.41. The lowest BCUT2D eigenvalue weighted by Gasteiger charge is -2.40. The number of pyridine rings is 1. The van der Waals surface area contributed by atoms with Crippen LogP contribution in [0.4, 0.5) is 4.79 Å². The van der Waals surface area contributed by atoms with Crippen molar-refractivity contribution in [2.24, 2.45) is 5.92 Å². The number of imide groups is 1. The number of carbonyl (C=O) groups is 2. The van der Waals surface area contributed by atoms with Crippen molar-refractivity contribution in [3.05, 3.63) is 41.7 Å². The molecule has 2 atom stereocenters. The molecule has 30 heavy (non-hydrogen) atoms. The minimum Gasteiger partial charge on any atom is -0.376 e. The number of rotatable bonds is 6. The van der Waals surface area contributed by atoms with Crippen molar-refractivity contribution in [1.82, 2.24) is 20.1 Å². The standard InChI is InChI=1S/C23H32N4O3/c1-3-17(2)15-26-12-9-18(10-13-26)23(20-8-4-5-11-24-20)21(28)27(22(29)25-23)16-19-7-6-14-30-19/h3-5,8,11,18-19H,6-7,9-10,12-16H2,1-2H3,(H,25,29). The third-order valence-corrected chi connectivity index (χ3v) is 6.78. The average molecular weight is 413 g/mol. The summed E-state index contributed by atoms with van der Waals surface area (Å²) < 4.78 is 5.69. The fourth-order valence-electron chi connectivity index (χ4n) is 4.98. The van der Waals surface area contributed by atoms with E-state index in [4.69, 9.17) is 4.74 Å². The van der Waals surface area contributed by atoms with Crippen LogP contribution >= 0.6 is 0 Å². The quantitative estimate of drug-likeness (QED) is 0.574. The third-order valence-electron chi connectivity index (χ3n) is 6.78. The molecule has 0 aromatic carbocycles. The van der Waals surface area contributed by atoms with E-state index >= 15 is 0 Å². The molecule has 1 aromatic heterocycles. The summed E-state index contributed by atoms with van der Waals surface area (Å²) in [5.74, 6) is -0.162. The molecule has 162 valence electrons. The minimum atomic E-state index is -1.08. The fourth-order valence-corrected chi connectivity index (χ4v) is 4.98. The summed E-state index contributed by atoms with van der Waals surface area (Å²) in [6.07, 6.45) is 7.32. The summed E-state index contributed by atoms with van der Waals surface area (Å²) in [4.78, 5) is 35.0. The molecule has 4 heterocycles. The van der Waals surface area contributed by atoms with E-state index in [0.29, 0.717) is 18.8 Å². The van der Waals surface area contributed by atoms with Crippen LogP contribution in [0.25, 0.3) is 0 Å². The molecule has 7 nitrogen and oxygen atoms in total. The van der Waals surface area contributed by atoms with Crippen LogP contribution < -0.4 is 5.32 Å². The Morgan fingerprint density at radius 1 is 1.30 bits per heavy atom. The largest absolute Gasteiger partial charge is 0.376 e. The summed E-state index contributed by atoms with van der Waals surface area (Å²) in [5.41, 5.74) is 0.903. The molecular formula is C23H32N4O3. The molecule has 3 aliphatic rings. The maximum Gasteiger partial charge on any atom is 0.325 e. The molecule has 2 unspecified atom stereocenters. The van der Waals surface area contributed by atoms with E-state index in [1.807, 2.05) is 18.2 Å². The topological polar surface area (TPSA) is 74.8 Å². The van der Waals surface area contributed by atoms with Crippen LogP contribution in [-0.4, -0.2) is 65.6 Å². The molecule has 3 fully saturated rings. The molecule has 0 spiro atoms. The molecule has 3 aliphatic heterocycles. The second kappa shape index (κ2) is 8.86. The van der Waals surface area contributed by atoms with Gasteiger partial charge in [-0.2, -0.15) is 0 Å². The van der Waals surface area contributed by atoms with E-state index in [9.17, 15) is 9.59 Å². The van der Waals surface area contributed by atoms with Crippen molar-refractivity contribution < 1.29 is 14.3 Å². The van der Waals surface area contributed by atoms with Crippen molar-refractivity contribution in [2.75, 3.05) is 32.8 Å². The zero-order valence-electron chi connectivity index (χ0n) is 18.0. The van der Waals surface area contributed by atoms with Crippen molar-refractivity contribution in [3.63, 3.8) is 0 Å². The number of aromatic nitrogens is 1. The van der Waals surface area contributed by atoms with Gasteiger partial charge in [-0.05, 0) is 70.7 Å². The van der Waals surface area contributed by atoms with Gasteiger partial charge in [-0.1, -0.05) is 17.7 Å². The third kappa shape index (κ3) is 3.88. The zero-order chi connectivity index (χ0) is 21.1. The summed E-state index contributed by atoms with van der Waals surface area (Å²) in [6, 6.07) is 5.26. The van der Waals surface area contributed by atoms with E-state index < -0.39 is 5.54 Å². The normalized spacial score (nSPS) is 28.9. The Morgan fingerprint density at radius 3 is 2.73 bits per heavy atom. The molecule has 0 bridgehead atoms. The van der Waals surface area contributed by atoms with Gasteiger partial charge in [0.2, 0.25) is 0 Å². The maximum atomic E-state index is 13.8. The molecule has 3 amide bonds. The Labute approximate surface area is 178 Å². The summed E-state index contributed by atoms with van der Waals surface area (Å²) in [5, 5.41) is 3.08. The highest BCUT2D eigenvalue weighted by Gasteiger charge is 2.58. The number of ether oxygens (including phenoxy) is 1. The van der Waals surface area contributed by atoms with Gasteiger partial charge in [0, 0.05) is 19.3 Å². The number of nitrogens with one attached hydrogen (secondary N) is 1. The van der Waals surface area contributed by atoms with E-state index in [0.717, 1.165) is 45.3 Å². The van der Waals surface area contributed by atoms with Crippen molar-refractivity contribution in [2.45, 2.75) is 51.2 Å². The van der Waals surface area contributed by atoms with E-state index in [1.165, 1.54) is 10.5 Å². The Hall–Kier alpha value is -2.25. The maximum absolute atomic E-state index is 13.8. The van der Waals surface area contributed by atoms with E-state index in [-0.39, 0.29) is 24.0 Å². The Bertz CT molecular complexity index is 798. The second-order valence-corrected chi connectivity index (χ2v) is 8.69. The van der Waals surface area contributed by atoms with Gasteiger partial charge < -0.3 is 10.1 Å². The number of nitrogens with zero attached hydrogens (tertiary/aromatic N) is 3. The molecular weight excluding hydrogens is 380 g/mol. The van der Waals surface area contributed by atoms with Crippen LogP contribution in [0.2, 0.25) is 0 Å². The first-order chi connectivity index (χ1) is 14.5. The van der Waals surface area contributed by atoms with Gasteiger partial charge in [-0.3, -0.25) is 19.6 Å². The Morgan fingerprint density at radius 2 is 2.10 bits per heavy atom. The second-order valence-electron chi connectivity index (χ2n) is 8.69. The number of piperidine rings is 1. The number of carbonyl (C=O) groups excluding carboxylic acids is 2. The molecule has 1 N–H and O–H groups in total. The number of likely N-dealkylation sites (tertiary alicyclic amines) is 1. The predicted octanol–water partition coefficient (Wildman–Crippen LogP) is 2.69. The summed E-state index contributed by atoms with van der Waals surface area (Å²) >= 11 is 0. The number of hydrogen-bond acceptors (Lipinski definition) is 5. The Kier molecular flexibility index (Phi) is 6.20. The smallest absolute Gasteiger partial charge is 0.325 e. The van der Waals surface area contributed by atoms with Crippen molar-refractivity contribution >= 4 is 11.9 Å². The number of amides is 3. The molecule has 3 saturated heterocycles.